The molecule has 18 heavy (non-hydrogen) atoms. The van der Waals surface area contributed by atoms with Crippen LogP contribution in [0.1, 0.15) is 29.6 Å². The summed E-state index contributed by atoms with van der Waals surface area (Å²) in [5.74, 6) is 0.0218. The minimum absolute atomic E-state index is 0.0218. The Morgan fingerprint density at radius 1 is 1.28 bits per heavy atom. The molecule has 0 radical (unpaired) electrons. The van der Waals surface area contributed by atoms with Crippen molar-refractivity contribution in [2.45, 2.75) is 31.3 Å². The van der Waals surface area contributed by atoms with Crippen molar-refractivity contribution in [3.8, 4) is 0 Å². The maximum atomic E-state index is 12.6. The Balaban J connectivity index is 1.93. The second kappa shape index (κ2) is 4.60. The molecule has 0 spiro atoms. The van der Waals surface area contributed by atoms with Crippen LogP contribution in [0, 0.1) is 0 Å². The summed E-state index contributed by atoms with van der Waals surface area (Å²) in [6, 6.07) is 5.62. The maximum Gasteiger partial charge on any atom is 0.256 e. The fourth-order valence-electron chi connectivity index (χ4n) is 2.84. The Labute approximate surface area is 116 Å². The van der Waals surface area contributed by atoms with E-state index in [0.29, 0.717) is 21.7 Å². The van der Waals surface area contributed by atoms with Crippen molar-refractivity contribution in [3.05, 3.63) is 46.0 Å². The number of rotatable bonds is 1. The van der Waals surface area contributed by atoms with Gasteiger partial charge >= 0.3 is 0 Å². The summed E-state index contributed by atoms with van der Waals surface area (Å²) in [5.41, 5.74) is 0.549. The quantitative estimate of drug-likeness (QED) is 0.715. The third-order valence-corrected chi connectivity index (χ3v) is 4.26. The largest absolute Gasteiger partial charge is 0.329 e. The molecule has 0 aromatic heterocycles. The van der Waals surface area contributed by atoms with E-state index in [1.807, 2.05) is 4.90 Å². The van der Waals surface area contributed by atoms with Crippen LogP contribution in [0.15, 0.2) is 30.4 Å². The highest BCUT2D eigenvalue weighted by atomic mass is 35.5. The molecule has 2 bridgehead atoms. The lowest BCUT2D eigenvalue weighted by Gasteiger charge is -2.31. The van der Waals surface area contributed by atoms with Gasteiger partial charge < -0.3 is 4.90 Å². The minimum atomic E-state index is 0.0218. The second-order valence-electron chi connectivity index (χ2n) is 4.80. The van der Waals surface area contributed by atoms with Gasteiger partial charge in [-0.3, -0.25) is 4.79 Å². The van der Waals surface area contributed by atoms with Crippen LogP contribution >= 0.6 is 23.2 Å². The lowest BCUT2D eigenvalue weighted by atomic mass is 10.1. The molecule has 94 valence electrons. The molecule has 1 aromatic rings. The zero-order valence-corrected chi connectivity index (χ0v) is 11.3. The molecule has 1 amide bonds. The first-order valence-electron chi connectivity index (χ1n) is 6.11. The number of amides is 1. The van der Waals surface area contributed by atoms with Gasteiger partial charge in [-0.2, -0.15) is 0 Å². The van der Waals surface area contributed by atoms with Gasteiger partial charge in [0.1, 0.15) is 0 Å². The van der Waals surface area contributed by atoms with E-state index in [0.717, 1.165) is 19.3 Å². The van der Waals surface area contributed by atoms with Crippen molar-refractivity contribution in [2.24, 2.45) is 0 Å². The van der Waals surface area contributed by atoms with Gasteiger partial charge in [0, 0.05) is 11.1 Å². The lowest BCUT2D eigenvalue weighted by molar-refractivity contribution is 0.0689. The third-order valence-electron chi connectivity index (χ3n) is 3.71. The molecule has 2 heterocycles. The van der Waals surface area contributed by atoms with Crippen LogP contribution in [0.4, 0.5) is 0 Å². The van der Waals surface area contributed by atoms with Gasteiger partial charge in [0.05, 0.1) is 16.6 Å². The Hall–Kier alpha value is -0.990. The van der Waals surface area contributed by atoms with Crippen LogP contribution in [0.2, 0.25) is 10.0 Å². The normalized spacial score (nSPS) is 25.6. The van der Waals surface area contributed by atoms with Crippen molar-refractivity contribution < 1.29 is 4.79 Å². The van der Waals surface area contributed by atoms with E-state index in [4.69, 9.17) is 23.2 Å². The molecule has 1 fully saturated rings. The van der Waals surface area contributed by atoms with Gasteiger partial charge in [-0.25, -0.2) is 0 Å². The van der Waals surface area contributed by atoms with Gasteiger partial charge in [0.25, 0.3) is 5.91 Å². The molecule has 2 aliphatic rings. The molecule has 2 aliphatic heterocycles. The number of halogens is 2. The summed E-state index contributed by atoms with van der Waals surface area (Å²) in [4.78, 5) is 14.5. The topological polar surface area (TPSA) is 20.3 Å². The van der Waals surface area contributed by atoms with E-state index in [1.165, 1.54) is 0 Å². The maximum absolute atomic E-state index is 12.6. The fourth-order valence-corrected chi connectivity index (χ4v) is 3.33. The number of hydrogen-bond donors (Lipinski definition) is 0. The van der Waals surface area contributed by atoms with E-state index >= 15 is 0 Å². The first-order valence-corrected chi connectivity index (χ1v) is 6.87. The fraction of sp³-hybridized carbons (Fsp3) is 0.357. The van der Waals surface area contributed by atoms with Gasteiger partial charge in [0.2, 0.25) is 0 Å². The third kappa shape index (κ3) is 1.94. The van der Waals surface area contributed by atoms with Crippen LogP contribution in [-0.4, -0.2) is 22.9 Å². The molecule has 0 saturated carbocycles. The molecular formula is C14H13Cl2NO. The van der Waals surface area contributed by atoms with Crippen molar-refractivity contribution in [3.63, 3.8) is 0 Å². The molecule has 3 rings (SSSR count). The minimum Gasteiger partial charge on any atom is -0.329 e. The highest BCUT2D eigenvalue weighted by Crippen LogP contribution is 2.34. The molecule has 0 aliphatic carbocycles. The van der Waals surface area contributed by atoms with Crippen LogP contribution in [0.25, 0.3) is 0 Å². The van der Waals surface area contributed by atoms with Gasteiger partial charge in [-0.05, 0) is 37.5 Å². The Morgan fingerprint density at radius 3 is 2.83 bits per heavy atom. The summed E-state index contributed by atoms with van der Waals surface area (Å²) in [5, 5.41) is 0.986. The Morgan fingerprint density at radius 2 is 2.11 bits per heavy atom. The molecule has 4 heteroatoms. The van der Waals surface area contributed by atoms with Gasteiger partial charge in [-0.15, -0.1) is 0 Å². The summed E-state index contributed by atoms with van der Waals surface area (Å²) in [6.07, 6.45) is 7.39. The number of benzene rings is 1. The number of fused-ring (bicyclic) bond motifs is 2. The van der Waals surface area contributed by atoms with Crippen LogP contribution in [0.3, 0.4) is 0 Å². The van der Waals surface area contributed by atoms with Gasteiger partial charge in [0.15, 0.2) is 0 Å². The Bertz CT molecular complexity index is 527. The average molecular weight is 282 g/mol. The smallest absolute Gasteiger partial charge is 0.256 e. The number of nitrogens with zero attached hydrogens (tertiary/aromatic N) is 1. The highest BCUT2D eigenvalue weighted by Gasteiger charge is 2.37. The van der Waals surface area contributed by atoms with E-state index in [-0.39, 0.29) is 11.9 Å². The average Bonchev–Trinajstić information content (AvgIpc) is 2.58. The van der Waals surface area contributed by atoms with E-state index in [2.05, 4.69) is 12.2 Å². The summed E-state index contributed by atoms with van der Waals surface area (Å²) in [6.45, 7) is 0. The standard InChI is InChI=1S/C14H13Cl2NO/c15-9-4-7-12(13(16)8-9)14(18)17-10-2-1-3-11(17)6-5-10/h1-2,4,7-8,10-11H,3,5-6H2. The number of hydrogen-bond acceptors (Lipinski definition) is 1. The summed E-state index contributed by atoms with van der Waals surface area (Å²) in [7, 11) is 0. The molecular weight excluding hydrogens is 269 g/mol. The predicted molar refractivity (Wildman–Crippen MR) is 73.2 cm³/mol. The predicted octanol–water partition coefficient (Wildman–Crippen LogP) is 3.93. The SMILES string of the molecule is O=C(c1ccc(Cl)cc1Cl)N1C2C=CCC1CC2. The summed E-state index contributed by atoms with van der Waals surface area (Å²) >= 11 is 12.0. The zero-order valence-electron chi connectivity index (χ0n) is 9.77. The van der Waals surface area contributed by atoms with Crippen molar-refractivity contribution >= 4 is 29.1 Å². The monoisotopic (exact) mass is 281 g/mol. The first kappa shape index (κ1) is 12.1. The van der Waals surface area contributed by atoms with Crippen LogP contribution in [-0.2, 0) is 0 Å². The van der Waals surface area contributed by atoms with Crippen molar-refractivity contribution in [2.75, 3.05) is 0 Å². The zero-order chi connectivity index (χ0) is 12.7. The molecule has 2 atom stereocenters. The second-order valence-corrected chi connectivity index (χ2v) is 5.64. The molecule has 0 N–H and O–H groups in total. The number of carbonyl (C=O) groups is 1. The van der Waals surface area contributed by atoms with E-state index < -0.39 is 0 Å². The highest BCUT2D eigenvalue weighted by molar-refractivity contribution is 6.36. The number of carbonyl (C=O) groups excluding carboxylic acids is 1. The molecule has 1 saturated heterocycles. The first-order chi connectivity index (χ1) is 8.66. The lowest BCUT2D eigenvalue weighted by Crippen LogP contribution is -2.42. The molecule has 2 nitrogen and oxygen atoms in total. The van der Waals surface area contributed by atoms with Gasteiger partial charge in [-0.1, -0.05) is 35.4 Å². The molecule has 2 unspecified atom stereocenters. The van der Waals surface area contributed by atoms with Crippen molar-refractivity contribution in [1.82, 2.24) is 4.90 Å². The summed E-state index contributed by atoms with van der Waals surface area (Å²) < 4.78 is 0. The van der Waals surface area contributed by atoms with E-state index in [9.17, 15) is 4.79 Å². The Kier molecular flexibility index (Phi) is 3.08. The van der Waals surface area contributed by atoms with E-state index in [1.54, 1.807) is 18.2 Å². The molecule has 1 aromatic carbocycles. The van der Waals surface area contributed by atoms with Crippen LogP contribution < -0.4 is 0 Å². The van der Waals surface area contributed by atoms with Crippen LogP contribution in [0.5, 0.6) is 0 Å². The van der Waals surface area contributed by atoms with Crippen molar-refractivity contribution in [1.29, 1.82) is 0 Å².